The smallest absolute Gasteiger partial charge is 0.253 e. The van der Waals surface area contributed by atoms with Crippen LogP contribution in [0.15, 0.2) is 36.4 Å². The molecule has 0 aliphatic rings. The number of amides is 1. The van der Waals surface area contributed by atoms with Crippen molar-refractivity contribution in [2.75, 3.05) is 11.9 Å². The summed E-state index contributed by atoms with van der Waals surface area (Å²) in [5.41, 5.74) is 2.59. The zero-order valence-electron chi connectivity index (χ0n) is 8.87. The van der Waals surface area contributed by atoms with Gasteiger partial charge in [-0.2, -0.15) is 0 Å². The molecule has 0 atom stereocenters. The van der Waals surface area contributed by atoms with Crippen molar-refractivity contribution in [3.8, 4) is 0 Å². The molecule has 0 aliphatic heterocycles. The Morgan fingerprint density at radius 3 is 2.57 bits per heavy atom. The molecule has 0 saturated heterocycles. The fourth-order valence-corrected chi connectivity index (χ4v) is 1.24. The van der Waals surface area contributed by atoms with Crippen LogP contribution in [0.5, 0.6) is 0 Å². The first kappa shape index (κ1) is 10.5. The zero-order chi connectivity index (χ0) is 10.7. The molecule has 0 heterocycles. The number of carbonyl (C=O) groups is 1. The lowest BCUT2D eigenvalue weighted by Gasteiger charge is -2.17. The second kappa shape index (κ2) is 4.09. The van der Waals surface area contributed by atoms with Crippen molar-refractivity contribution in [2.45, 2.75) is 13.8 Å². The van der Waals surface area contributed by atoms with Crippen molar-refractivity contribution in [1.29, 1.82) is 0 Å². The quantitative estimate of drug-likeness (QED) is 0.655. The molecule has 0 fully saturated rings. The first-order valence-electron chi connectivity index (χ1n) is 4.52. The van der Waals surface area contributed by atoms with E-state index in [9.17, 15) is 4.79 Å². The highest BCUT2D eigenvalue weighted by atomic mass is 16.2. The topological polar surface area (TPSA) is 20.3 Å². The summed E-state index contributed by atoms with van der Waals surface area (Å²) in [5, 5.41) is 0. The maximum Gasteiger partial charge on any atom is 0.253 e. The van der Waals surface area contributed by atoms with Gasteiger partial charge >= 0.3 is 0 Å². The summed E-state index contributed by atoms with van der Waals surface area (Å²) in [4.78, 5) is 13.2. The largest absolute Gasteiger partial charge is 0.312 e. The molecule has 2 heteroatoms. The van der Waals surface area contributed by atoms with Gasteiger partial charge in [-0.1, -0.05) is 18.7 Å². The van der Waals surface area contributed by atoms with E-state index in [4.69, 9.17) is 0 Å². The Balaban J connectivity index is 2.95. The monoisotopic (exact) mass is 189 g/mol. The van der Waals surface area contributed by atoms with Gasteiger partial charge in [-0.05, 0) is 31.5 Å². The third-order valence-electron chi connectivity index (χ3n) is 2.06. The number of hydrogen-bond acceptors (Lipinski definition) is 1. The molecular weight excluding hydrogens is 174 g/mol. The van der Waals surface area contributed by atoms with Crippen LogP contribution < -0.4 is 4.90 Å². The van der Waals surface area contributed by atoms with Crippen LogP contribution >= 0.6 is 0 Å². The summed E-state index contributed by atoms with van der Waals surface area (Å²) in [5.74, 6) is -0.0457. The molecule has 14 heavy (non-hydrogen) atoms. The highest BCUT2D eigenvalue weighted by molar-refractivity contribution is 6.04. The van der Waals surface area contributed by atoms with Crippen molar-refractivity contribution < 1.29 is 4.79 Å². The van der Waals surface area contributed by atoms with Crippen molar-refractivity contribution >= 4 is 11.6 Å². The van der Waals surface area contributed by atoms with Gasteiger partial charge in [-0.3, -0.25) is 4.79 Å². The van der Waals surface area contributed by atoms with Crippen LogP contribution in [0.2, 0.25) is 0 Å². The third-order valence-corrected chi connectivity index (χ3v) is 2.06. The van der Waals surface area contributed by atoms with Gasteiger partial charge in [0.25, 0.3) is 5.91 Å². The van der Waals surface area contributed by atoms with E-state index >= 15 is 0 Å². The molecule has 0 unspecified atom stereocenters. The third kappa shape index (κ3) is 2.22. The predicted molar refractivity (Wildman–Crippen MR) is 59.4 cm³/mol. The summed E-state index contributed by atoms with van der Waals surface area (Å²) >= 11 is 0. The summed E-state index contributed by atoms with van der Waals surface area (Å²) in [6.07, 6.45) is 0. The molecule has 1 amide bonds. The summed E-state index contributed by atoms with van der Waals surface area (Å²) < 4.78 is 0. The average molecular weight is 189 g/mol. The van der Waals surface area contributed by atoms with Crippen LogP contribution in [-0.4, -0.2) is 13.0 Å². The lowest BCUT2D eigenvalue weighted by molar-refractivity contribution is -0.114. The zero-order valence-corrected chi connectivity index (χ0v) is 8.87. The van der Waals surface area contributed by atoms with Crippen LogP contribution in [0, 0.1) is 6.92 Å². The van der Waals surface area contributed by atoms with Gasteiger partial charge in [-0.15, -0.1) is 0 Å². The molecule has 0 N–H and O–H groups in total. The number of rotatable bonds is 2. The number of likely N-dealkylation sites (N-methyl/N-ethyl adjacent to an activating group) is 1. The van der Waals surface area contributed by atoms with Crippen molar-refractivity contribution in [2.24, 2.45) is 0 Å². The molecule has 1 aromatic rings. The maximum absolute atomic E-state index is 11.6. The second-order valence-electron chi connectivity index (χ2n) is 3.48. The normalized spacial score (nSPS) is 9.64. The SMILES string of the molecule is C=C(C)C(=O)N(C)c1cccc(C)c1. The van der Waals surface area contributed by atoms with E-state index in [1.54, 1.807) is 18.9 Å². The Labute approximate surface area is 84.9 Å². The van der Waals surface area contributed by atoms with E-state index < -0.39 is 0 Å². The Kier molecular flexibility index (Phi) is 3.07. The summed E-state index contributed by atoms with van der Waals surface area (Å²) in [6.45, 7) is 7.35. The van der Waals surface area contributed by atoms with Gasteiger partial charge in [0, 0.05) is 18.3 Å². The van der Waals surface area contributed by atoms with Gasteiger partial charge in [0.1, 0.15) is 0 Å². The minimum atomic E-state index is -0.0457. The molecule has 0 spiro atoms. The van der Waals surface area contributed by atoms with Crippen LogP contribution in [-0.2, 0) is 4.79 Å². The van der Waals surface area contributed by atoms with Crippen molar-refractivity contribution in [1.82, 2.24) is 0 Å². The summed E-state index contributed by atoms with van der Waals surface area (Å²) in [7, 11) is 1.76. The van der Waals surface area contributed by atoms with Crippen molar-refractivity contribution in [3.63, 3.8) is 0 Å². The molecule has 74 valence electrons. The van der Waals surface area contributed by atoms with Gasteiger partial charge in [0.05, 0.1) is 0 Å². The highest BCUT2D eigenvalue weighted by Crippen LogP contribution is 2.15. The number of hydrogen-bond donors (Lipinski definition) is 0. The minimum Gasteiger partial charge on any atom is -0.312 e. The molecular formula is C12H15NO. The van der Waals surface area contributed by atoms with E-state index in [0.717, 1.165) is 11.3 Å². The first-order valence-corrected chi connectivity index (χ1v) is 4.52. The Morgan fingerprint density at radius 2 is 2.07 bits per heavy atom. The molecule has 0 saturated carbocycles. The molecule has 0 aromatic heterocycles. The average Bonchev–Trinajstić information content (AvgIpc) is 2.15. The Morgan fingerprint density at radius 1 is 1.43 bits per heavy atom. The number of aryl methyl sites for hydroxylation is 1. The lowest BCUT2D eigenvalue weighted by Crippen LogP contribution is -2.26. The molecule has 0 bridgehead atoms. The Bertz CT molecular complexity index is 368. The summed E-state index contributed by atoms with van der Waals surface area (Å²) in [6, 6.07) is 7.82. The van der Waals surface area contributed by atoms with Crippen LogP contribution in [0.3, 0.4) is 0 Å². The number of nitrogens with zero attached hydrogens (tertiary/aromatic N) is 1. The van der Waals surface area contributed by atoms with Crippen LogP contribution in [0.1, 0.15) is 12.5 Å². The van der Waals surface area contributed by atoms with Crippen LogP contribution in [0.4, 0.5) is 5.69 Å². The molecule has 0 aliphatic carbocycles. The maximum atomic E-state index is 11.6. The van der Waals surface area contributed by atoms with E-state index in [1.807, 2.05) is 31.2 Å². The van der Waals surface area contributed by atoms with Crippen molar-refractivity contribution in [3.05, 3.63) is 42.0 Å². The van der Waals surface area contributed by atoms with Gasteiger partial charge in [0.15, 0.2) is 0 Å². The fourth-order valence-electron chi connectivity index (χ4n) is 1.24. The fraction of sp³-hybridized carbons (Fsp3) is 0.250. The molecule has 0 radical (unpaired) electrons. The molecule has 1 aromatic carbocycles. The molecule has 1 rings (SSSR count). The van der Waals surface area contributed by atoms with E-state index in [-0.39, 0.29) is 5.91 Å². The van der Waals surface area contributed by atoms with E-state index in [0.29, 0.717) is 5.57 Å². The number of carbonyl (C=O) groups excluding carboxylic acids is 1. The predicted octanol–water partition coefficient (Wildman–Crippen LogP) is 2.53. The molecule has 2 nitrogen and oxygen atoms in total. The van der Waals surface area contributed by atoms with Gasteiger partial charge in [0.2, 0.25) is 0 Å². The number of anilines is 1. The van der Waals surface area contributed by atoms with Gasteiger partial charge < -0.3 is 4.90 Å². The van der Waals surface area contributed by atoms with Gasteiger partial charge in [-0.25, -0.2) is 0 Å². The van der Waals surface area contributed by atoms with E-state index in [2.05, 4.69) is 6.58 Å². The highest BCUT2D eigenvalue weighted by Gasteiger charge is 2.10. The van der Waals surface area contributed by atoms with Crippen LogP contribution in [0.25, 0.3) is 0 Å². The Hall–Kier alpha value is -1.57. The second-order valence-corrected chi connectivity index (χ2v) is 3.48. The first-order chi connectivity index (χ1) is 6.52. The lowest BCUT2D eigenvalue weighted by atomic mass is 10.2. The van der Waals surface area contributed by atoms with E-state index in [1.165, 1.54) is 0 Å². The standard InChI is InChI=1S/C12H15NO/c1-9(2)12(14)13(4)11-7-5-6-10(3)8-11/h5-8H,1H2,2-4H3. The number of benzene rings is 1. The minimum absolute atomic E-state index is 0.0457.